The van der Waals surface area contributed by atoms with Crippen molar-refractivity contribution in [1.82, 2.24) is 0 Å². The quantitative estimate of drug-likeness (QED) is 0.879. The minimum absolute atomic E-state index is 0.176. The number of hydrogen-bond acceptors (Lipinski definition) is 1. The SMILES string of the molecule is Cc1cc(C)cc(CC(CN)Cc2cccc(F)c2)c1. The van der Waals surface area contributed by atoms with E-state index in [4.69, 9.17) is 5.73 Å². The Balaban J connectivity index is 2.09. The van der Waals surface area contributed by atoms with Crippen LogP contribution in [0.3, 0.4) is 0 Å². The second-order valence-electron chi connectivity index (χ2n) is 5.64. The second kappa shape index (κ2) is 6.67. The Kier molecular flexibility index (Phi) is 4.91. The first kappa shape index (κ1) is 14.7. The standard InChI is InChI=1S/C18H22FN/c1-13-6-14(2)8-16(7-13)10-17(12-20)9-15-4-3-5-18(19)11-15/h3-8,11,17H,9-10,12,20H2,1-2H3. The summed E-state index contributed by atoms with van der Waals surface area (Å²) in [5, 5.41) is 0. The van der Waals surface area contributed by atoms with Gasteiger partial charge >= 0.3 is 0 Å². The fourth-order valence-corrected chi connectivity index (χ4v) is 2.76. The zero-order chi connectivity index (χ0) is 14.5. The lowest BCUT2D eigenvalue weighted by molar-refractivity contribution is 0.530. The predicted molar refractivity (Wildman–Crippen MR) is 82.3 cm³/mol. The third-order valence-electron chi connectivity index (χ3n) is 3.55. The molecule has 0 bridgehead atoms. The Labute approximate surface area is 120 Å². The molecule has 0 aliphatic rings. The number of aryl methyl sites for hydroxylation is 2. The van der Waals surface area contributed by atoms with Gasteiger partial charge < -0.3 is 5.73 Å². The Morgan fingerprint density at radius 2 is 1.60 bits per heavy atom. The summed E-state index contributed by atoms with van der Waals surface area (Å²) in [6.45, 7) is 4.84. The molecule has 1 unspecified atom stereocenters. The summed E-state index contributed by atoms with van der Waals surface area (Å²) < 4.78 is 13.2. The maximum atomic E-state index is 13.2. The van der Waals surface area contributed by atoms with Crippen molar-refractivity contribution in [1.29, 1.82) is 0 Å². The van der Waals surface area contributed by atoms with Crippen LogP contribution in [-0.4, -0.2) is 6.54 Å². The summed E-state index contributed by atoms with van der Waals surface area (Å²) >= 11 is 0. The molecule has 0 heterocycles. The molecule has 1 atom stereocenters. The topological polar surface area (TPSA) is 26.0 Å². The van der Waals surface area contributed by atoms with Gasteiger partial charge in [-0.25, -0.2) is 4.39 Å². The predicted octanol–water partition coefficient (Wildman–Crippen LogP) is 3.80. The number of rotatable bonds is 5. The van der Waals surface area contributed by atoms with Crippen molar-refractivity contribution in [3.63, 3.8) is 0 Å². The van der Waals surface area contributed by atoms with Crippen molar-refractivity contribution in [2.24, 2.45) is 11.7 Å². The third-order valence-corrected chi connectivity index (χ3v) is 3.55. The largest absolute Gasteiger partial charge is 0.330 e. The van der Waals surface area contributed by atoms with Crippen LogP contribution in [0.4, 0.5) is 4.39 Å². The zero-order valence-electron chi connectivity index (χ0n) is 12.2. The zero-order valence-corrected chi connectivity index (χ0v) is 12.2. The monoisotopic (exact) mass is 271 g/mol. The van der Waals surface area contributed by atoms with E-state index in [2.05, 4.69) is 32.0 Å². The molecule has 2 aromatic carbocycles. The molecule has 2 aromatic rings. The molecule has 0 aromatic heterocycles. The van der Waals surface area contributed by atoms with Crippen LogP contribution in [0.5, 0.6) is 0 Å². The van der Waals surface area contributed by atoms with E-state index in [0.717, 1.165) is 18.4 Å². The molecule has 0 spiro atoms. The number of hydrogen-bond donors (Lipinski definition) is 1. The lowest BCUT2D eigenvalue weighted by Crippen LogP contribution is -2.19. The lowest BCUT2D eigenvalue weighted by Gasteiger charge is -2.16. The molecule has 20 heavy (non-hydrogen) atoms. The van der Waals surface area contributed by atoms with Crippen LogP contribution in [0, 0.1) is 25.6 Å². The van der Waals surface area contributed by atoms with Gasteiger partial charge in [0.1, 0.15) is 5.82 Å². The molecule has 0 radical (unpaired) electrons. The van der Waals surface area contributed by atoms with Gasteiger partial charge in [0.05, 0.1) is 0 Å². The molecular formula is C18H22FN. The smallest absolute Gasteiger partial charge is 0.123 e. The molecule has 0 fully saturated rings. The van der Waals surface area contributed by atoms with Crippen molar-refractivity contribution in [3.8, 4) is 0 Å². The van der Waals surface area contributed by atoms with Crippen LogP contribution in [0.1, 0.15) is 22.3 Å². The van der Waals surface area contributed by atoms with Gasteiger partial charge in [-0.3, -0.25) is 0 Å². The molecule has 0 amide bonds. The van der Waals surface area contributed by atoms with E-state index in [1.54, 1.807) is 12.1 Å². The minimum atomic E-state index is -0.176. The maximum absolute atomic E-state index is 13.2. The molecule has 0 saturated carbocycles. The van der Waals surface area contributed by atoms with E-state index >= 15 is 0 Å². The Morgan fingerprint density at radius 3 is 2.20 bits per heavy atom. The summed E-state index contributed by atoms with van der Waals surface area (Å²) in [5.41, 5.74) is 10.8. The van der Waals surface area contributed by atoms with Crippen LogP contribution in [-0.2, 0) is 12.8 Å². The highest BCUT2D eigenvalue weighted by atomic mass is 19.1. The average molecular weight is 271 g/mol. The van der Waals surface area contributed by atoms with E-state index in [1.807, 2.05) is 6.07 Å². The number of benzene rings is 2. The van der Waals surface area contributed by atoms with Crippen molar-refractivity contribution < 1.29 is 4.39 Å². The summed E-state index contributed by atoms with van der Waals surface area (Å²) in [4.78, 5) is 0. The van der Waals surface area contributed by atoms with Crippen LogP contribution in [0.25, 0.3) is 0 Å². The van der Waals surface area contributed by atoms with Gasteiger partial charge in [-0.15, -0.1) is 0 Å². The first-order chi connectivity index (χ1) is 9.56. The van der Waals surface area contributed by atoms with E-state index < -0.39 is 0 Å². The van der Waals surface area contributed by atoms with E-state index in [-0.39, 0.29) is 5.82 Å². The van der Waals surface area contributed by atoms with Gasteiger partial charge in [0.15, 0.2) is 0 Å². The molecular weight excluding hydrogens is 249 g/mol. The Hall–Kier alpha value is -1.67. The van der Waals surface area contributed by atoms with E-state index in [1.165, 1.54) is 22.8 Å². The van der Waals surface area contributed by atoms with Crippen LogP contribution < -0.4 is 5.73 Å². The van der Waals surface area contributed by atoms with Crippen molar-refractivity contribution >= 4 is 0 Å². The highest BCUT2D eigenvalue weighted by Gasteiger charge is 2.10. The van der Waals surface area contributed by atoms with Gasteiger partial charge in [0.2, 0.25) is 0 Å². The third kappa shape index (κ3) is 4.17. The van der Waals surface area contributed by atoms with Gasteiger partial charge in [0.25, 0.3) is 0 Å². The van der Waals surface area contributed by atoms with Crippen LogP contribution in [0.15, 0.2) is 42.5 Å². The van der Waals surface area contributed by atoms with Crippen molar-refractivity contribution in [3.05, 3.63) is 70.5 Å². The van der Waals surface area contributed by atoms with E-state index in [9.17, 15) is 4.39 Å². The molecule has 2 rings (SSSR count). The minimum Gasteiger partial charge on any atom is -0.330 e. The maximum Gasteiger partial charge on any atom is 0.123 e. The average Bonchev–Trinajstić information content (AvgIpc) is 2.36. The molecule has 1 nitrogen and oxygen atoms in total. The first-order valence-corrected chi connectivity index (χ1v) is 7.08. The first-order valence-electron chi connectivity index (χ1n) is 7.08. The number of halogens is 1. The fraction of sp³-hybridized carbons (Fsp3) is 0.333. The van der Waals surface area contributed by atoms with Crippen LogP contribution >= 0.6 is 0 Å². The van der Waals surface area contributed by atoms with Gasteiger partial charge in [-0.05, 0) is 62.4 Å². The normalized spacial score (nSPS) is 12.4. The summed E-state index contributed by atoms with van der Waals surface area (Å²) in [6, 6.07) is 13.4. The summed E-state index contributed by atoms with van der Waals surface area (Å²) in [7, 11) is 0. The van der Waals surface area contributed by atoms with Gasteiger partial charge in [-0.2, -0.15) is 0 Å². The highest BCUT2D eigenvalue weighted by molar-refractivity contribution is 5.29. The Morgan fingerprint density at radius 1 is 0.950 bits per heavy atom. The second-order valence-corrected chi connectivity index (χ2v) is 5.64. The molecule has 0 aliphatic heterocycles. The molecule has 2 heteroatoms. The lowest BCUT2D eigenvalue weighted by atomic mass is 9.91. The fourth-order valence-electron chi connectivity index (χ4n) is 2.76. The van der Waals surface area contributed by atoms with Gasteiger partial charge in [-0.1, -0.05) is 41.5 Å². The summed E-state index contributed by atoms with van der Waals surface area (Å²) in [6.07, 6.45) is 1.76. The van der Waals surface area contributed by atoms with Crippen LogP contribution in [0.2, 0.25) is 0 Å². The highest BCUT2D eigenvalue weighted by Crippen LogP contribution is 2.17. The summed E-state index contributed by atoms with van der Waals surface area (Å²) in [5.74, 6) is 0.169. The molecule has 0 saturated heterocycles. The molecule has 0 aliphatic carbocycles. The van der Waals surface area contributed by atoms with Crippen molar-refractivity contribution in [2.45, 2.75) is 26.7 Å². The molecule has 2 N–H and O–H groups in total. The number of nitrogens with two attached hydrogens (primary N) is 1. The molecule has 106 valence electrons. The van der Waals surface area contributed by atoms with Crippen molar-refractivity contribution in [2.75, 3.05) is 6.54 Å². The Bertz CT molecular complexity index is 557. The van der Waals surface area contributed by atoms with Gasteiger partial charge in [0, 0.05) is 0 Å². The van der Waals surface area contributed by atoms with E-state index in [0.29, 0.717) is 12.5 Å².